The van der Waals surface area contributed by atoms with Crippen molar-refractivity contribution in [3.05, 3.63) is 40.6 Å². The topological polar surface area (TPSA) is 149 Å². The Morgan fingerprint density at radius 3 is 2.50 bits per heavy atom. The first-order chi connectivity index (χ1) is 17.9. The number of rotatable bonds is 12. The Hall–Kier alpha value is -2.21. The number of ether oxygens (including phenoxy) is 3. The largest absolute Gasteiger partial charge is 0.494 e. The number of nitrogens with one attached hydrogen (secondary N) is 2. The molecule has 38 heavy (non-hydrogen) atoms. The summed E-state index contributed by atoms with van der Waals surface area (Å²) in [5.74, 6) is 1.18. The van der Waals surface area contributed by atoms with E-state index in [2.05, 4.69) is 36.3 Å². The lowest BCUT2D eigenvalue weighted by atomic mass is 9.96. The molecule has 1 aliphatic heterocycles. The third-order valence-corrected chi connectivity index (χ3v) is 6.62. The molecule has 6 N–H and O–H groups in total. The van der Waals surface area contributed by atoms with Crippen LogP contribution < -0.4 is 14.8 Å². The van der Waals surface area contributed by atoms with Gasteiger partial charge in [0.05, 0.1) is 13.2 Å². The normalized spacial score (nSPS) is 24.1. The number of aromatic nitrogens is 2. The van der Waals surface area contributed by atoms with E-state index in [1.54, 1.807) is 0 Å². The molecule has 2 heterocycles. The molecule has 1 aliphatic rings. The minimum absolute atomic E-state index is 0.124. The first-order valence-corrected chi connectivity index (χ1v) is 13.4. The van der Waals surface area contributed by atoms with Crippen LogP contribution in [0.2, 0.25) is 0 Å². The number of aliphatic hydroxyl groups excluding tert-OH is 4. The summed E-state index contributed by atoms with van der Waals surface area (Å²) >= 11 is 0. The Kier molecular flexibility index (Phi) is 10.6. The fourth-order valence-corrected chi connectivity index (χ4v) is 4.38. The number of hydrogen-bond acceptors (Lipinski definition) is 9. The van der Waals surface area contributed by atoms with Gasteiger partial charge in [-0.2, -0.15) is 0 Å². The van der Waals surface area contributed by atoms with Gasteiger partial charge in [0.1, 0.15) is 30.2 Å². The molecular weight excluding hydrogens is 490 g/mol. The van der Waals surface area contributed by atoms with Crippen LogP contribution in [0.1, 0.15) is 69.3 Å². The monoisotopic (exact) mass is 535 g/mol. The molecule has 0 saturated carbocycles. The van der Waals surface area contributed by atoms with Gasteiger partial charge in [0.25, 0.3) is 0 Å². The van der Waals surface area contributed by atoms with Crippen LogP contribution in [0.25, 0.3) is 0 Å². The van der Waals surface area contributed by atoms with Crippen molar-refractivity contribution in [2.75, 3.05) is 26.3 Å². The molecule has 0 amide bonds. The van der Waals surface area contributed by atoms with E-state index < -0.39 is 37.3 Å². The maximum atomic E-state index is 10.4. The van der Waals surface area contributed by atoms with Crippen molar-refractivity contribution in [1.82, 2.24) is 15.5 Å². The van der Waals surface area contributed by atoms with Gasteiger partial charge in [-0.25, -0.2) is 0 Å². The van der Waals surface area contributed by atoms with Gasteiger partial charge in [-0.15, -0.1) is 5.10 Å². The van der Waals surface area contributed by atoms with E-state index in [4.69, 9.17) is 14.2 Å². The lowest BCUT2D eigenvalue weighted by Gasteiger charge is -2.39. The minimum Gasteiger partial charge on any atom is -0.494 e. The van der Waals surface area contributed by atoms with E-state index in [0.29, 0.717) is 13.0 Å². The van der Waals surface area contributed by atoms with Crippen molar-refractivity contribution >= 4 is 0 Å². The van der Waals surface area contributed by atoms with Crippen molar-refractivity contribution in [2.24, 2.45) is 5.41 Å². The van der Waals surface area contributed by atoms with Crippen LogP contribution in [0, 0.1) is 12.3 Å². The second-order valence-electron chi connectivity index (χ2n) is 11.6. The number of aromatic amines is 1. The molecule has 5 atom stereocenters. The summed E-state index contributed by atoms with van der Waals surface area (Å²) in [7, 11) is 0. The van der Waals surface area contributed by atoms with Gasteiger partial charge in [-0.1, -0.05) is 40.7 Å². The summed E-state index contributed by atoms with van der Waals surface area (Å²) in [6, 6.07) is 6.00. The standard InChI is InChI=1S/C28H45N3O7/c1-16(2)22-20(26(31-30-22)38-27-25(35)24(34)23(33)21(14-32)37-27)13-18-8-9-19(12-17(18)3)36-11-7-10-29-15-28(4,5)6/h8-9,12,16,21,23-25,27,29,32-35H,7,10-11,13-15H2,1-6H3,(H,30,31)/t21-,23-,24+,25-,27+/m1/s1. The Balaban J connectivity index is 1.67. The van der Waals surface area contributed by atoms with Gasteiger partial charge in [0.15, 0.2) is 0 Å². The Labute approximate surface area is 225 Å². The number of nitrogens with zero attached hydrogens (tertiary/aromatic N) is 1. The Morgan fingerprint density at radius 2 is 1.87 bits per heavy atom. The summed E-state index contributed by atoms with van der Waals surface area (Å²) in [5.41, 5.74) is 4.07. The minimum atomic E-state index is -1.53. The molecule has 10 nitrogen and oxygen atoms in total. The van der Waals surface area contributed by atoms with Crippen molar-refractivity contribution in [1.29, 1.82) is 0 Å². The summed E-state index contributed by atoms with van der Waals surface area (Å²) in [5, 5.41) is 50.9. The molecule has 0 radical (unpaired) electrons. The van der Waals surface area contributed by atoms with E-state index in [0.717, 1.165) is 47.6 Å². The van der Waals surface area contributed by atoms with Crippen LogP contribution >= 0.6 is 0 Å². The predicted molar refractivity (Wildman–Crippen MR) is 143 cm³/mol. The molecule has 1 fully saturated rings. The van der Waals surface area contributed by atoms with E-state index >= 15 is 0 Å². The molecule has 0 aliphatic carbocycles. The summed E-state index contributed by atoms with van der Waals surface area (Å²) in [4.78, 5) is 0. The van der Waals surface area contributed by atoms with Crippen LogP contribution in [0.15, 0.2) is 18.2 Å². The Morgan fingerprint density at radius 1 is 1.13 bits per heavy atom. The van der Waals surface area contributed by atoms with Gasteiger partial charge in [0.2, 0.25) is 12.2 Å². The Bertz CT molecular complexity index is 1020. The molecule has 214 valence electrons. The van der Waals surface area contributed by atoms with Crippen LogP contribution in [0.3, 0.4) is 0 Å². The first kappa shape index (κ1) is 30.3. The number of H-pyrrole nitrogens is 1. The quantitative estimate of drug-likeness (QED) is 0.224. The van der Waals surface area contributed by atoms with E-state index in [1.807, 2.05) is 39.0 Å². The predicted octanol–water partition coefficient (Wildman–Crippen LogP) is 2.02. The molecule has 10 heteroatoms. The molecule has 3 rings (SSSR count). The fourth-order valence-electron chi connectivity index (χ4n) is 4.38. The van der Waals surface area contributed by atoms with E-state index in [9.17, 15) is 20.4 Å². The maximum Gasteiger partial charge on any atom is 0.238 e. The third kappa shape index (κ3) is 7.91. The van der Waals surface area contributed by atoms with E-state index in [-0.39, 0.29) is 17.2 Å². The summed E-state index contributed by atoms with van der Waals surface area (Å²) in [6.45, 7) is 14.7. The second kappa shape index (κ2) is 13.2. The highest BCUT2D eigenvalue weighted by Crippen LogP contribution is 2.32. The fraction of sp³-hybridized carbons (Fsp3) is 0.679. The molecule has 1 aromatic carbocycles. The van der Waals surface area contributed by atoms with Crippen molar-refractivity contribution in [2.45, 2.75) is 91.0 Å². The van der Waals surface area contributed by atoms with Crippen LogP contribution in [-0.4, -0.2) is 87.6 Å². The van der Waals surface area contributed by atoms with Crippen LogP contribution in [-0.2, 0) is 11.2 Å². The zero-order valence-corrected chi connectivity index (χ0v) is 23.4. The maximum absolute atomic E-state index is 10.4. The molecule has 1 aromatic heterocycles. The molecular formula is C28H45N3O7. The van der Waals surface area contributed by atoms with Crippen molar-refractivity contribution in [3.63, 3.8) is 0 Å². The van der Waals surface area contributed by atoms with Gasteiger partial charge < -0.3 is 40.0 Å². The lowest BCUT2D eigenvalue weighted by molar-refractivity contribution is -0.278. The van der Waals surface area contributed by atoms with Gasteiger partial charge >= 0.3 is 0 Å². The van der Waals surface area contributed by atoms with Gasteiger partial charge in [0, 0.05) is 17.7 Å². The molecule has 0 spiro atoms. The molecule has 2 aromatic rings. The highest BCUT2D eigenvalue weighted by molar-refractivity contribution is 5.42. The SMILES string of the molecule is Cc1cc(OCCCNCC(C)(C)C)ccc1Cc1c(O[C@@H]2O[C@H](CO)[C@@H](O)[C@H](O)[C@H]2O)n[nH]c1C(C)C. The molecule has 0 unspecified atom stereocenters. The third-order valence-electron chi connectivity index (χ3n) is 6.62. The van der Waals surface area contributed by atoms with Gasteiger partial charge in [-0.05, 0) is 61.0 Å². The highest BCUT2D eigenvalue weighted by Gasteiger charge is 2.45. The van der Waals surface area contributed by atoms with Crippen LogP contribution in [0.4, 0.5) is 0 Å². The van der Waals surface area contributed by atoms with Crippen LogP contribution in [0.5, 0.6) is 11.6 Å². The number of benzene rings is 1. The second-order valence-corrected chi connectivity index (χ2v) is 11.6. The zero-order valence-electron chi connectivity index (χ0n) is 23.4. The summed E-state index contributed by atoms with van der Waals surface area (Å²) in [6.07, 6.45) is -5.43. The smallest absolute Gasteiger partial charge is 0.238 e. The summed E-state index contributed by atoms with van der Waals surface area (Å²) < 4.78 is 17.4. The average molecular weight is 536 g/mol. The average Bonchev–Trinajstić information content (AvgIpc) is 3.24. The van der Waals surface area contributed by atoms with E-state index in [1.165, 1.54) is 0 Å². The number of hydrogen-bond donors (Lipinski definition) is 6. The molecule has 0 bridgehead atoms. The number of aryl methyl sites for hydroxylation is 1. The number of aliphatic hydroxyl groups is 4. The lowest BCUT2D eigenvalue weighted by Crippen LogP contribution is -2.60. The van der Waals surface area contributed by atoms with Gasteiger partial charge in [-0.3, -0.25) is 5.10 Å². The van der Waals surface area contributed by atoms with Crippen molar-refractivity contribution < 1.29 is 34.6 Å². The first-order valence-electron chi connectivity index (χ1n) is 13.4. The van der Waals surface area contributed by atoms with Crippen molar-refractivity contribution in [3.8, 4) is 11.6 Å². The highest BCUT2D eigenvalue weighted by atomic mass is 16.7. The molecule has 1 saturated heterocycles. The zero-order chi connectivity index (χ0) is 28.0.